The fourth-order valence-electron chi connectivity index (χ4n) is 1.65. The molecule has 0 aliphatic heterocycles. The zero-order valence-electron chi connectivity index (χ0n) is 11.0. The highest BCUT2D eigenvalue weighted by Gasteiger charge is 2.13. The molecule has 2 aromatic rings. The summed E-state index contributed by atoms with van der Waals surface area (Å²) in [5.41, 5.74) is 0.0520. The number of anilines is 2. The van der Waals surface area contributed by atoms with E-state index in [0.29, 0.717) is 17.5 Å². The van der Waals surface area contributed by atoms with Gasteiger partial charge in [-0.1, -0.05) is 6.07 Å². The van der Waals surface area contributed by atoms with Crippen molar-refractivity contribution in [1.82, 2.24) is 0 Å². The Kier molecular flexibility index (Phi) is 4.22. The number of rotatable bonds is 3. The predicted molar refractivity (Wildman–Crippen MR) is 73.7 cm³/mol. The first-order valence-corrected chi connectivity index (χ1v) is 5.89. The number of methoxy groups -OCH3 is 1. The third-order valence-electron chi connectivity index (χ3n) is 2.60. The van der Waals surface area contributed by atoms with E-state index in [1.54, 1.807) is 24.3 Å². The minimum absolute atomic E-state index is 0.368. The summed E-state index contributed by atoms with van der Waals surface area (Å²) >= 11 is 0. The van der Waals surface area contributed by atoms with Gasteiger partial charge in [-0.2, -0.15) is 0 Å². The second-order valence-electron chi connectivity index (χ2n) is 4.09. The molecule has 0 aliphatic rings. The van der Waals surface area contributed by atoms with Crippen molar-refractivity contribution < 1.29 is 23.4 Å². The van der Waals surface area contributed by atoms with Gasteiger partial charge in [-0.05, 0) is 12.1 Å². The van der Waals surface area contributed by atoms with E-state index in [4.69, 9.17) is 4.74 Å². The molecule has 0 unspecified atom stereocenters. The highest BCUT2D eigenvalue weighted by atomic mass is 19.1. The molecular weight excluding hydrogens is 282 g/mol. The van der Waals surface area contributed by atoms with Gasteiger partial charge in [0.05, 0.1) is 12.8 Å². The Hall–Kier alpha value is -2.83. The summed E-state index contributed by atoms with van der Waals surface area (Å²) in [6.07, 6.45) is 0. The van der Waals surface area contributed by atoms with Gasteiger partial charge in [0.2, 0.25) is 0 Å². The number of ether oxygens (including phenoxy) is 1. The molecule has 0 aliphatic carbocycles. The van der Waals surface area contributed by atoms with Gasteiger partial charge in [0.15, 0.2) is 11.6 Å². The normalized spacial score (nSPS) is 10.0. The van der Waals surface area contributed by atoms with Crippen LogP contribution in [0.15, 0.2) is 36.4 Å². The van der Waals surface area contributed by atoms with E-state index < -0.39 is 23.4 Å². The first kappa shape index (κ1) is 14.6. The topological polar surface area (TPSA) is 70.6 Å². The molecule has 21 heavy (non-hydrogen) atoms. The molecule has 0 bridgehead atoms. The van der Waals surface area contributed by atoms with Crippen molar-refractivity contribution in [3.8, 4) is 11.5 Å². The van der Waals surface area contributed by atoms with Crippen LogP contribution >= 0.6 is 0 Å². The lowest BCUT2D eigenvalue weighted by Crippen LogP contribution is -2.19. The van der Waals surface area contributed by atoms with Gasteiger partial charge < -0.3 is 20.5 Å². The molecule has 0 aromatic heterocycles. The van der Waals surface area contributed by atoms with E-state index in [0.717, 1.165) is 6.07 Å². The lowest BCUT2D eigenvalue weighted by Gasteiger charge is -2.10. The van der Waals surface area contributed by atoms with Crippen LogP contribution in [0.5, 0.6) is 11.5 Å². The number of hydrogen-bond acceptors (Lipinski definition) is 3. The van der Waals surface area contributed by atoms with E-state index in [1.807, 2.05) is 0 Å². The largest absolute Gasteiger partial charge is 0.503 e. The molecule has 3 N–H and O–H groups in total. The summed E-state index contributed by atoms with van der Waals surface area (Å²) in [4.78, 5) is 11.7. The van der Waals surface area contributed by atoms with Crippen molar-refractivity contribution in [1.29, 1.82) is 0 Å². The van der Waals surface area contributed by atoms with Crippen molar-refractivity contribution in [2.24, 2.45) is 0 Å². The molecule has 0 heterocycles. The van der Waals surface area contributed by atoms with Gasteiger partial charge in [0, 0.05) is 23.9 Å². The van der Waals surface area contributed by atoms with Gasteiger partial charge in [-0.3, -0.25) is 0 Å². The van der Waals surface area contributed by atoms with Crippen molar-refractivity contribution in [2.45, 2.75) is 0 Å². The summed E-state index contributed by atoms with van der Waals surface area (Å²) in [5.74, 6) is -2.38. The molecule has 2 aromatic carbocycles. The van der Waals surface area contributed by atoms with Gasteiger partial charge >= 0.3 is 6.03 Å². The second-order valence-corrected chi connectivity index (χ2v) is 4.09. The van der Waals surface area contributed by atoms with Crippen LogP contribution in [0.2, 0.25) is 0 Å². The zero-order chi connectivity index (χ0) is 15.4. The summed E-state index contributed by atoms with van der Waals surface area (Å²) < 4.78 is 31.2. The zero-order valence-corrected chi connectivity index (χ0v) is 11.0. The van der Waals surface area contributed by atoms with Crippen LogP contribution in [0.25, 0.3) is 0 Å². The maximum absolute atomic E-state index is 13.1. The van der Waals surface area contributed by atoms with Gasteiger partial charge in [0.25, 0.3) is 0 Å². The molecule has 5 nitrogen and oxygen atoms in total. The number of phenols is 1. The number of nitrogens with one attached hydrogen (secondary N) is 2. The fourth-order valence-corrected chi connectivity index (χ4v) is 1.65. The maximum Gasteiger partial charge on any atom is 0.323 e. The molecule has 2 rings (SSSR count). The van der Waals surface area contributed by atoms with Crippen molar-refractivity contribution in [2.75, 3.05) is 17.7 Å². The van der Waals surface area contributed by atoms with E-state index in [-0.39, 0.29) is 5.69 Å². The molecule has 0 radical (unpaired) electrons. The molecule has 0 spiro atoms. The molecule has 2 amide bonds. The standard InChI is InChI=1S/C14H12F2N2O3/c1-21-10-4-2-3-9(7-10)17-14(20)18-12-6-8(15)5-11(16)13(12)19/h2-7,19H,1H3,(H2,17,18,20). The van der Waals surface area contributed by atoms with Crippen LogP contribution < -0.4 is 15.4 Å². The van der Waals surface area contributed by atoms with E-state index >= 15 is 0 Å². The number of urea groups is 1. The third kappa shape index (κ3) is 3.59. The Balaban J connectivity index is 2.11. The lowest BCUT2D eigenvalue weighted by atomic mass is 10.2. The SMILES string of the molecule is COc1cccc(NC(=O)Nc2cc(F)cc(F)c2O)c1. The molecular formula is C14H12F2N2O3. The number of carbonyl (C=O) groups is 1. The number of benzene rings is 2. The second kappa shape index (κ2) is 6.08. The summed E-state index contributed by atoms with van der Waals surface area (Å²) in [6, 6.07) is 7.08. The Morgan fingerprint density at radius 2 is 1.95 bits per heavy atom. The first-order valence-electron chi connectivity index (χ1n) is 5.89. The van der Waals surface area contributed by atoms with Crippen LogP contribution in [0, 0.1) is 11.6 Å². The highest BCUT2D eigenvalue weighted by Crippen LogP contribution is 2.27. The summed E-state index contributed by atoms with van der Waals surface area (Å²) in [5, 5.41) is 14.0. The minimum atomic E-state index is -1.16. The molecule has 0 atom stereocenters. The maximum atomic E-state index is 13.1. The first-order chi connectivity index (χ1) is 9.99. The van der Waals surface area contributed by atoms with Crippen LogP contribution in [0.3, 0.4) is 0 Å². The lowest BCUT2D eigenvalue weighted by molar-refractivity contribution is 0.262. The summed E-state index contributed by atoms with van der Waals surface area (Å²) in [7, 11) is 1.48. The summed E-state index contributed by atoms with van der Waals surface area (Å²) in [6.45, 7) is 0. The fraction of sp³-hybridized carbons (Fsp3) is 0.0714. The van der Waals surface area contributed by atoms with Crippen LogP contribution in [0.4, 0.5) is 25.0 Å². The van der Waals surface area contributed by atoms with Gasteiger partial charge in [-0.15, -0.1) is 0 Å². The van der Waals surface area contributed by atoms with Gasteiger partial charge in [-0.25, -0.2) is 13.6 Å². The number of hydrogen-bond donors (Lipinski definition) is 3. The average molecular weight is 294 g/mol. The molecule has 7 heteroatoms. The van der Waals surface area contributed by atoms with Crippen molar-refractivity contribution in [3.63, 3.8) is 0 Å². The number of carbonyl (C=O) groups excluding carboxylic acids is 1. The monoisotopic (exact) mass is 294 g/mol. The molecule has 0 fully saturated rings. The molecule has 0 saturated carbocycles. The highest BCUT2D eigenvalue weighted by molar-refractivity contribution is 6.00. The molecule has 110 valence electrons. The van der Waals surface area contributed by atoms with Crippen LogP contribution in [0.1, 0.15) is 0 Å². The Morgan fingerprint density at radius 3 is 2.67 bits per heavy atom. The molecule has 0 saturated heterocycles. The predicted octanol–water partition coefficient (Wildman–Crippen LogP) is 3.32. The minimum Gasteiger partial charge on any atom is -0.503 e. The Morgan fingerprint density at radius 1 is 1.19 bits per heavy atom. The van der Waals surface area contributed by atoms with Crippen molar-refractivity contribution >= 4 is 17.4 Å². The quantitative estimate of drug-likeness (QED) is 0.760. The smallest absolute Gasteiger partial charge is 0.323 e. The third-order valence-corrected chi connectivity index (χ3v) is 2.60. The Bertz CT molecular complexity index is 677. The van der Waals surface area contributed by atoms with Crippen molar-refractivity contribution in [3.05, 3.63) is 48.0 Å². The number of aromatic hydroxyl groups is 1. The average Bonchev–Trinajstić information content (AvgIpc) is 2.44. The number of halogens is 2. The number of amides is 2. The van der Waals surface area contributed by atoms with E-state index in [2.05, 4.69) is 10.6 Å². The van der Waals surface area contributed by atoms with E-state index in [9.17, 15) is 18.7 Å². The van der Waals surface area contributed by atoms with Crippen LogP contribution in [-0.2, 0) is 0 Å². The van der Waals surface area contributed by atoms with Gasteiger partial charge in [0.1, 0.15) is 11.6 Å². The Labute approximate surface area is 119 Å². The van der Waals surface area contributed by atoms with Crippen LogP contribution in [-0.4, -0.2) is 18.2 Å². The van der Waals surface area contributed by atoms with E-state index in [1.165, 1.54) is 7.11 Å². The number of phenolic OH excluding ortho intramolecular Hbond substituents is 1.